The number of rotatable bonds is 0. The van der Waals surface area contributed by atoms with E-state index in [0.29, 0.717) is 6.04 Å². The zero-order chi connectivity index (χ0) is 7.35. The lowest BCUT2D eigenvalue weighted by Gasteiger charge is -2.26. The van der Waals surface area contributed by atoms with E-state index in [9.17, 15) is 5.11 Å². The molecule has 2 heterocycles. The Morgan fingerprint density at radius 1 is 1.60 bits per heavy atom. The van der Waals surface area contributed by atoms with E-state index in [1.54, 1.807) is 0 Å². The molecule has 2 rings (SSSR count). The zero-order valence-corrected chi connectivity index (χ0v) is 6.25. The second-order valence-electron chi connectivity index (χ2n) is 3.61. The third-order valence-electron chi connectivity index (χ3n) is 2.98. The van der Waals surface area contributed by atoms with Crippen molar-refractivity contribution in [1.82, 2.24) is 4.90 Å². The van der Waals surface area contributed by atoms with Crippen LogP contribution in [0.1, 0.15) is 19.3 Å². The largest absolute Gasteiger partial charge is 0.374 e. The number of hydrogen-bond donors (Lipinski definition) is 2. The number of fused-ring (bicyclic) bond motifs is 2. The summed E-state index contributed by atoms with van der Waals surface area (Å²) in [4.78, 5) is 2.21. The van der Waals surface area contributed by atoms with Gasteiger partial charge in [-0.1, -0.05) is 0 Å². The number of nitrogens with zero attached hydrogens (tertiary/aromatic N) is 1. The second kappa shape index (κ2) is 1.72. The fraction of sp³-hybridized carbons (Fsp3) is 1.00. The molecule has 3 N–H and O–H groups in total. The van der Waals surface area contributed by atoms with Gasteiger partial charge in [-0.3, -0.25) is 4.90 Å². The highest BCUT2D eigenvalue weighted by molar-refractivity contribution is 5.05. The van der Waals surface area contributed by atoms with Gasteiger partial charge in [0, 0.05) is 12.5 Å². The maximum atomic E-state index is 9.59. The van der Waals surface area contributed by atoms with Gasteiger partial charge in [-0.05, 0) is 19.9 Å². The predicted octanol–water partition coefficient (Wildman–Crippen LogP) is -0.500. The van der Waals surface area contributed by atoms with E-state index >= 15 is 0 Å². The van der Waals surface area contributed by atoms with E-state index in [4.69, 9.17) is 5.73 Å². The highest BCUT2D eigenvalue weighted by Gasteiger charge is 2.51. The first-order valence-corrected chi connectivity index (χ1v) is 3.84. The molecular formula is C7H14N2O. The molecule has 0 aromatic heterocycles. The molecule has 0 aromatic carbocycles. The molecule has 2 bridgehead atoms. The van der Waals surface area contributed by atoms with Gasteiger partial charge in [-0.15, -0.1) is 0 Å². The third-order valence-corrected chi connectivity index (χ3v) is 2.98. The molecule has 3 heteroatoms. The van der Waals surface area contributed by atoms with Crippen LogP contribution in [0.3, 0.4) is 0 Å². The molecule has 3 unspecified atom stereocenters. The summed E-state index contributed by atoms with van der Waals surface area (Å²) in [5.41, 5.74) is 4.78. The lowest BCUT2D eigenvalue weighted by molar-refractivity contribution is 0.0109. The Hall–Kier alpha value is -0.120. The monoisotopic (exact) mass is 142 g/mol. The molecule has 3 nitrogen and oxygen atoms in total. The highest BCUT2D eigenvalue weighted by atomic mass is 16.3. The van der Waals surface area contributed by atoms with Crippen LogP contribution >= 0.6 is 0 Å². The zero-order valence-electron chi connectivity index (χ0n) is 6.25. The van der Waals surface area contributed by atoms with Crippen LogP contribution in [0.25, 0.3) is 0 Å². The van der Waals surface area contributed by atoms with Crippen molar-refractivity contribution in [3.8, 4) is 0 Å². The van der Waals surface area contributed by atoms with Crippen molar-refractivity contribution in [3.63, 3.8) is 0 Å². The summed E-state index contributed by atoms with van der Waals surface area (Å²) in [6, 6.07) is 0.762. The van der Waals surface area contributed by atoms with Gasteiger partial charge < -0.3 is 10.8 Å². The van der Waals surface area contributed by atoms with Crippen molar-refractivity contribution < 1.29 is 5.11 Å². The number of nitrogens with two attached hydrogens (primary N) is 1. The van der Waals surface area contributed by atoms with Crippen LogP contribution in [0.15, 0.2) is 0 Å². The molecule has 3 atom stereocenters. The van der Waals surface area contributed by atoms with Gasteiger partial charge >= 0.3 is 0 Å². The summed E-state index contributed by atoms with van der Waals surface area (Å²) in [7, 11) is 2.05. The smallest absolute Gasteiger partial charge is 0.130 e. The van der Waals surface area contributed by atoms with E-state index in [1.165, 1.54) is 6.42 Å². The third kappa shape index (κ3) is 0.654. The Labute approximate surface area is 60.8 Å². The van der Waals surface area contributed by atoms with Gasteiger partial charge in [0.1, 0.15) is 5.72 Å². The summed E-state index contributed by atoms with van der Waals surface area (Å²) in [6.45, 7) is 0. The van der Waals surface area contributed by atoms with Crippen molar-refractivity contribution in [2.75, 3.05) is 7.05 Å². The molecular weight excluding hydrogens is 128 g/mol. The van der Waals surface area contributed by atoms with Crippen LogP contribution in [-0.2, 0) is 0 Å². The minimum atomic E-state index is -0.891. The molecule has 2 fully saturated rings. The Morgan fingerprint density at radius 2 is 2.30 bits per heavy atom. The molecule has 0 saturated carbocycles. The van der Waals surface area contributed by atoms with Crippen LogP contribution < -0.4 is 5.73 Å². The summed E-state index contributed by atoms with van der Waals surface area (Å²) < 4.78 is 0. The molecule has 2 aliphatic heterocycles. The van der Waals surface area contributed by atoms with Crippen LogP contribution in [0.2, 0.25) is 0 Å². The Bertz CT molecular complexity index is 158. The van der Waals surface area contributed by atoms with Crippen molar-refractivity contribution in [2.45, 2.75) is 37.1 Å². The Morgan fingerprint density at radius 3 is 2.50 bits per heavy atom. The van der Waals surface area contributed by atoms with Gasteiger partial charge in [0.15, 0.2) is 0 Å². The summed E-state index contributed by atoms with van der Waals surface area (Å²) >= 11 is 0. The van der Waals surface area contributed by atoms with Crippen molar-refractivity contribution in [2.24, 2.45) is 5.73 Å². The fourth-order valence-electron chi connectivity index (χ4n) is 2.37. The average Bonchev–Trinajstić information content (AvgIpc) is 2.21. The first-order valence-electron chi connectivity index (χ1n) is 3.84. The molecule has 2 aliphatic rings. The topological polar surface area (TPSA) is 49.5 Å². The SMILES string of the molecule is CN1C2CCC1C(N)(O)C2. The molecule has 58 valence electrons. The van der Waals surface area contributed by atoms with Gasteiger partial charge in [0.25, 0.3) is 0 Å². The van der Waals surface area contributed by atoms with E-state index in [2.05, 4.69) is 4.90 Å². The molecule has 0 spiro atoms. The van der Waals surface area contributed by atoms with E-state index < -0.39 is 5.72 Å². The second-order valence-corrected chi connectivity index (χ2v) is 3.61. The number of likely N-dealkylation sites (N-methyl/N-ethyl adjacent to an activating group) is 1. The molecule has 0 aliphatic carbocycles. The molecule has 0 aromatic rings. The minimum absolute atomic E-state index is 0.220. The maximum Gasteiger partial charge on any atom is 0.130 e. The van der Waals surface area contributed by atoms with Crippen molar-refractivity contribution in [1.29, 1.82) is 0 Å². The van der Waals surface area contributed by atoms with Gasteiger partial charge in [-0.2, -0.15) is 0 Å². The number of aliphatic hydroxyl groups is 1. The lowest BCUT2D eigenvalue weighted by Crippen LogP contribution is -2.50. The maximum absolute atomic E-state index is 9.59. The first kappa shape index (κ1) is 6.58. The van der Waals surface area contributed by atoms with Crippen molar-refractivity contribution in [3.05, 3.63) is 0 Å². The van der Waals surface area contributed by atoms with Crippen LogP contribution in [0, 0.1) is 0 Å². The van der Waals surface area contributed by atoms with Crippen LogP contribution in [0.5, 0.6) is 0 Å². The Balaban J connectivity index is 2.24. The molecule has 10 heavy (non-hydrogen) atoms. The standard InChI is InChI=1S/C7H14N2O/c1-9-5-2-3-6(9)7(8,10)4-5/h5-6,10H,2-4,8H2,1H3. The van der Waals surface area contributed by atoms with Gasteiger partial charge in [0.05, 0.1) is 6.04 Å². The predicted molar refractivity (Wildman–Crippen MR) is 38.3 cm³/mol. The summed E-state index contributed by atoms with van der Waals surface area (Å²) in [5.74, 6) is 0. The van der Waals surface area contributed by atoms with Crippen LogP contribution in [0.4, 0.5) is 0 Å². The minimum Gasteiger partial charge on any atom is -0.374 e. The van der Waals surface area contributed by atoms with Gasteiger partial charge in [0.2, 0.25) is 0 Å². The molecule has 0 amide bonds. The molecule has 2 saturated heterocycles. The van der Waals surface area contributed by atoms with E-state index in [-0.39, 0.29) is 6.04 Å². The highest BCUT2D eigenvalue weighted by Crippen LogP contribution is 2.39. The summed E-state index contributed by atoms with van der Waals surface area (Å²) in [6.07, 6.45) is 3.03. The molecule has 0 radical (unpaired) electrons. The quantitative estimate of drug-likeness (QED) is 0.448. The van der Waals surface area contributed by atoms with E-state index in [1.807, 2.05) is 7.05 Å². The van der Waals surface area contributed by atoms with E-state index in [0.717, 1.165) is 12.8 Å². The average molecular weight is 142 g/mol. The normalized spacial score (nSPS) is 54.3. The Kier molecular flexibility index (Phi) is 1.14. The first-order chi connectivity index (χ1) is 4.61. The van der Waals surface area contributed by atoms with Crippen LogP contribution in [-0.4, -0.2) is 34.9 Å². The van der Waals surface area contributed by atoms with Gasteiger partial charge in [-0.25, -0.2) is 0 Å². The lowest BCUT2D eigenvalue weighted by atomic mass is 9.93. The summed E-state index contributed by atoms with van der Waals surface area (Å²) in [5, 5.41) is 9.59. The van der Waals surface area contributed by atoms with Crippen molar-refractivity contribution >= 4 is 0 Å². The number of hydrogen-bond acceptors (Lipinski definition) is 3. The fourth-order valence-corrected chi connectivity index (χ4v) is 2.37.